The Balaban J connectivity index is 2.18. The van der Waals surface area contributed by atoms with E-state index in [1.54, 1.807) is 18.2 Å². The molecule has 2 rings (SSSR count). The molecule has 0 heterocycles. The Hall–Kier alpha value is -1.81. The van der Waals surface area contributed by atoms with E-state index in [-0.39, 0.29) is 17.5 Å². The number of halogens is 1. The molecule has 0 aromatic heterocycles. The maximum Gasteiger partial charge on any atom is 0.343 e. The normalized spacial score (nSPS) is 11.5. The van der Waals surface area contributed by atoms with Gasteiger partial charge in [-0.3, -0.25) is 0 Å². The molecule has 0 N–H and O–H groups in total. The monoisotopic (exact) mass is 404 g/mol. The molecule has 0 atom stereocenters. The van der Waals surface area contributed by atoms with Gasteiger partial charge in [-0.1, -0.05) is 32.9 Å². The van der Waals surface area contributed by atoms with Crippen molar-refractivity contribution in [1.82, 2.24) is 0 Å². The standard InChI is InChI=1S/C21H25BrO3/c1-13(2)24-19-9-7-15(12-17(19)22)20(23)25-18-10-8-16(11-14(18)3)21(4,5)6/h7-13H,1-6H3. The second-order valence-electron chi connectivity index (χ2n) is 7.43. The van der Waals surface area contributed by atoms with Crippen LogP contribution in [0.2, 0.25) is 0 Å². The first-order valence-corrected chi connectivity index (χ1v) is 9.16. The third kappa shape index (κ3) is 5.08. The molecule has 0 amide bonds. The van der Waals surface area contributed by atoms with Crippen molar-refractivity contribution >= 4 is 21.9 Å². The van der Waals surface area contributed by atoms with Crippen molar-refractivity contribution in [3.05, 3.63) is 57.6 Å². The minimum absolute atomic E-state index is 0.0599. The van der Waals surface area contributed by atoms with Crippen LogP contribution >= 0.6 is 15.9 Å². The predicted molar refractivity (Wildman–Crippen MR) is 105 cm³/mol. The smallest absolute Gasteiger partial charge is 0.343 e. The van der Waals surface area contributed by atoms with Gasteiger partial charge >= 0.3 is 5.97 Å². The Morgan fingerprint density at radius 3 is 2.20 bits per heavy atom. The zero-order valence-corrected chi connectivity index (χ0v) is 17.2. The van der Waals surface area contributed by atoms with Gasteiger partial charge in [-0.2, -0.15) is 0 Å². The Kier molecular flexibility index (Phi) is 5.94. The van der Waals surface area contributed by atoms with E-state index >= 15 is 0 Å². The molecule has 0 fully saturated rings. The summed E-state index contributed by atoms with van der Waals surface area (Å²) in [5, 5.41) is 0. The summed E-state index contributed by atoms with van der Waals surface area (Å²) < 4.78 is 12.0. The lowest BCUT2D eigenvalue weighted by atomic mass is 9.86. The number of benzene rings is 2. The molecule has 0 aliphatic heterocycles. The topological polar surface area (TPSA) is 35.5 Å². The maximum absolute atomic E-state index is 12.4. The summed E-state index contributed by atoms with van der Waals surface area (Å²) in [6, 6.07) is 11.1. The van der Waals surface area contributed by atoms with Crippen LogP contribution in [-0.2, 0) is 5.41 Å². The molecule has 0 unspecified atom stereocenters. The number of hydrogen-bond donors (Lipinski definition) is 0. The minimum atomic E-state index is -0.386. The summed E-state index contributed by atoms with van der Waals surface area (Å²) in [7, 11) is 0. The van der Waals surface area contributed by atoms with Gasteiger partial charge in [0.1, 0.15) is 11.5 Å². The van der Waals surface area contributed by atoms with Crippen LogP contribution in [0.1, 0.15) is 56.1 Å². The molecule has 0 spiro atoms. The Labute approximate surface area is 158 Å². The van der Waals surface area contributed by atoms with Crippen molar-refractivity contribution in [3.8, 4) is 11.5 Å². The fourth-order valence-corrected chi connectivity index (χ4v) is 2.84. The third-order valence-corrected chi connectivity index (χ3v) is 4.39. The molecule has 0 bridgehead atoms. The predicted octanol–water partition coefficient (Wildman–Crippen LogP) is 6.06. The SMILES string of the molecule is Cc1cc(C(C)(C)C)ccc1OC(=O)c1ccc(OC(C)C)c(Br)c1. The van der Waals surface area contributed by atoms with Crippen molar-refractivity contribution in [2.75, 3.05) is 0 Å². The molecule has 0 radical (unpaired) electrons. The largest absolute Gasteiger partial charge is 0.490 e. The van der Waals surface area contributed by atoms with Crippen molar-refractivity contribution in [2.45, 2.75) is 53.1 Å². The Bertz CT molecular complexity index is 773. The second-order valence-corrected chi connectivity index (χ2v) is 8.29. The number of aryl methyl sites for hydroxylation is 1. The highest BCUT2D eigenvalue weighted by atomic mass is 79.9. The van der Waals surface area contributed by atoms with Crippen molar-refractivity contribution in [3.63, 3.8) is 0 Å². The Morgan fingerprint density at radius 2 is 1.68 bits per heavy atom. The van der Waals surface area contributed by atoms with Crippen LogP contribution in [0.3, 0.4) is 0 Å². The average Bonchev–Trinajstić information content (AvgIpc) is 2.49. The van der Waals surface area contributed by atoms with E-state index < -0.39 is 0 Å². The quantitative estimate of drug-likeness (QED) is 0.458. The zero-order chi connectivity index (χ0) is 18.8. The Morgan fingerprint density at radius 1 is 1.04 bits per heavy atom. The molecule has 0 aliphatic carbocycles. The van der Waals surface area contributed by atoms with E-state index in [9.17, 15) is 4.79 Å². The van der Waals surface area contributed by atoms with Crippen LogP contribution < -0.4 is 9.47 Å². The fraction of sp³-hybridized carbons (Fsp3) is 0.381. The van der Waals surface area contributed by atoms with Gasteiger partial charge in [0.05, 0.1) is 16.1 Å². The number of rotatable bonds is 4. The van der Waals surface area contributed by atoms with E-state index in [1.807, 2.05) is 32.9 Å². The lowest BCUT2D eigenvalue weighted by Gasteiger charge is -2.20. The summed E-state index contributed by atoms with van der Waals surface area (Å²) >= 11 is 3.44. The zero-order valence-electron chi connectivity index (χ0n) is 15.6. The van der Waals surface area contributed by atoms with Gasteiger partial charge in [-0.15, -0.1) is 0 Å². The molecule has 4 heteroatoms. The van der Waals surface area contributed by atoms with Crippen LogP contribution in [0.15, 0.2) is 40.9 Å². The van der Waals surface area contributed by atoms with E-state index in [4.69, 9.17) is 9.47 Å². The van der Waals surface area contributed by atoms with E-state index in [0.717, 1.165) is 10.0 Å². The van der Waals surface area contributed by atoms with Gasteiger partial charge in [-0.05, 0) is 77.5 Å². The molecule has 2 aromatic rings. The molecule has 0 aliphatic rings. The van der Waals surface area contributed by atoms with Gasteiger partial charge in [0.25, 0.3) is 0 Å². The fourth-order valence-electron chi connectivity index (χ4n) is 2.37. The highest BCUT2D eigenvalue weighted by Gasteiger charge is 2.17. The van der Waals surface area contributed by atoms with Crippen molar-refractivity contribution in [2.24, 2.45) is 0 Å². The first kappa shape index (κ1) is 19.5. The van der Waals surface area contributed by atoms with Gasteiger partial charge in [0, 0.05) is 0 Å². The molecular weight excluding hydrogens is 380 g/mol. The highest BCUT2D eigenvalue weighted by Crippen LogP contribution is 2.30. The van der Waals surface area contributed by atoms with Crippen LogP contribution in [0.4, 0.5) is 0 Å². The molecule has 0 saturated heterocycles. The molecule has 0 saturated carbocycles. The van der Waals surface area contributed by atoms with Gasteiger partial charge in [0.2, 0.25) is 0 Å². The maximum atomic E-state index is 12.4. The summed E-state index contributed by atoms with van der Waals surface area (Å²) in [5.74, 6) is 0.900. The van der Waals surface area contributed by atoms with E-state index in [2.05, 4.69) is 42.8 Å². The van der Waals surface area contributed by atoms with Crippen LogP contribution in [-0.4, -0.2) is 12.1 Å². The van der Waals surface area contributed by atoms with Crippen molar-refractivity contribution < 1.29 is 14.3 Å². The van der Waals surface area contributed by atoms with Crippen LogP contribution in [0.5, 0.6) is 11.5 Å². The van der Waals surface area contributed by atoms with Gasteiger partial charge in [0.15, 0.2) is 0 Å². The summed E-state index contributed by atoms with van der Waals surface area (Å²) in [4.78, 5) is 12.4. The summed E-state index contributed by atoms with van der Waals surface area (Å²) in [6.07, 6.45) is 0.0677. The van der Waals surface area contributed by atoms with E-state index in [1.165, 1.54) is 5.56 Å². The number of carbonyl (C=O) groups excluding carboxylic acids is 1. The van der Waals surface area contributed by atoms with Crippen LogP contribution in [0, 0.1) is 6.92 Å². The van der Waals surface area contributed by atoms with Crippen molar-refractivity contribution in [1.29, 1.82) is 0 Å². The van der Waals surface area contributed by atoms with Gasteiger partial charge in [-0.25, -0.2) is 4.79 Å². The molecular formula is C21H25BrO3. The number of hydrogen-bond acceptors (Lipinski definition) is 3. The van der Waals surface area contributed by atoms with Crippen LogP contribution in [0.25, 0.3) is 0 Å². The third-order valence-electron chi connectivity index (χ3n) is 3.77. The second kappa shape index (κ2) is 7.61. The summed E-state index contributed by atoms with van der Waals surface area (Å²) in [5.41, 5.74) is 2.69. The minimum Gasteiger partial charge on any atom is -0.490 e. The average molecular weight is 405 g/mol. The number of ether oxygens (including phenoxy) is 2. The molecule has 134 valence electrons. The number of esters is 1. The lowest BCUT2D eigenvalue weighted by molar-refractivity contribution is 0.0733. The first-order chi connectivity index (χ1) is 11.6. The van der Waals surface area contributed by atoms with E-state index in [0.29, 0.717) is 17.1 Å². The molecule has 3 nitrogen and oxygen atoms in total. The van der Waals surface area contributed by atoms with Gasteiger partial charge < -0.3 is 9.47 Å². The lowest BCUT2D eigenvalue weighted by Crippen LogP contribution is -2.13. The number of carbonyl (C=O) groups is 1. The highest BCUT2D eigenvalue weighted by molar-refractivity contribution is 9.10. The molecule has 25 heavy (non-hydrogen) atoms. The first-order valence-electron chi connectivity index (χ1n) is 8.37. The molecule has 2 aromatic carbocycles. The summed E-state index contributed by atoms with van der Waals surface area (Å²) in [6.45, 7) is 12.3.